The van der Waals surface area contributed by atoms with Crippen LogP contribution in [0.1, 0.15) is 23.4 Å². The summed E-state index contributed by atoms with van der Waals surface area (Å²) in [5, 5.41) is 4.33. The van der Waals surface area contributed by atoms with Gasteiger partial charge in [0.25, 0.3) is 0 Å². The molecule has 144 valence electrons. The van der Waals surface area contributed by atoms with Crippen molar-refractivity contribution in [3.8, 4) is 0 Å². The molecule has 4 N–H and O–H groups in total. The van der Waals surface area contributed by atoms with Crippen LogP contribution in [0.5, 0.6) is 0 Å². The van der Waals surface area contributed by atoms with E-state index in [0.29, 0.717) is 19.3 Å². The summed E-state index contributed by atoms with van der Waals surface area (Å²) in [6, 6.07) is -1.93. The Morgan fingerprint density at radius 3 is 2.62 bits per heavy atom. The summed E-state index contributed by atoms with van der Waals surface area (Å²) >= 11 is 5.66. The van der Waals surface area contributed by atoms with Gasteiger partial charge in [-0.3, -0.25) is 14.4 Å². The third-order valence-electron chi connectivity index (χ3n) is 4.00. The van der Waals surface area contributed by atoms with Gasteiger partial charge in [0, 0.05) is 38.3 Å². The Bertz CT molecular complexity index is 812. The Labute approximate surface area is 167 Å². The maximum absolute atomic E-state index is 12.2. The Hall–Kier alpha value is -1.90. The molecule has 1 aliphatic carbocycles. The van der Waals surface area contributed by atoms with Gasteiger partial charge < -0.3 is 21.3 Å². The number of carbonyl (C=O) groups is 3. The molecule has 1 aromatic heterocycles. The van der Waals surface area contributed by atoms with Crippen LogP contribution in [0.25, 0.3) is 0 Å². The molecular weight excluding hydrogens is 381 g/mol. The Morgan fingerprint density at radius 1 is 1.31 bits per heavy atom. The van der Waals surface area contributed by atoms with Crippen LogP contribution in [-0.2, 0) is 14.4 Å². The minimum absolute atomic E-state index is 0. The molecule has 0 aliphatic heterocycles. The zero-order valence-electron chi connectivity index (χ0n) is 17.3. The average molecular weight is 407 g/mol. The first-order valence-electron chi connectivity index (χ1n) is 9.24. The van der Waals surface area contributed by atoms with E-state index in [4.69, 9.17) is 21.4 Å². The second-order valence-corrected chi connectivity index (χ2v) is 6.45. The van der Waals surface area contributed by atoms with E-state index in [1.54, 1.807) is 14.1 Å². The highest BCUT2D eigenvalue weighted by Gasteiger charge is 2.34. The van der Waals surface area contributed by atoms with Crippen molar-refractivity contribution in [2.24, 2.45) is 11.7 Å². The van der Waals surface area contributed by atoms with E-state index in [1.165, 1.54) is 4.90 Å². The summed E-state index contributed by atoms with van der Waals surface area (Å²) < 4.78 is 22.9. The van der Waals surface area contributed by atoms with Gasteiger partial charge >= 0.3 is 11.8 Å². The molecule has 1 heterocycles. The van der Waals surface area contributed by atoms with Crippen LogP contribution in [0.3, 0.4) is 0 Å². The maximum Gasteiger partial charge on any atom is 0.314 e. The molecule has 1 saturated carbocycles. The van der Waals surface area contributed by atoms with Crippen LogP contribution >= 0.6 is 24.0 Å². The third-order valence-corrected chi connectivity index (χ3v) is 4.18. The molecule has 0 unspecified atom stereocenters. The van der Waals surface area contributed by atoms with Gasteiger partial charge in [0.1, 0.15) is 5.82 Å². The van der Waals surface area contributed by atoms with Crippen LogP contribution < -0.4 is 16.4 Å². The minimum Gasteiger partial charge on any atom is -0.349 e. The standard InChI is InChI=1S/C16H22ClN5O3.ClH/c1-22(2)16(25)9-3-5-12(11(18)7-9)20-14(23)15(24)21-13-6-4-10(17)8-19-13;/h4,6,8-9,11-12H,3,5,7,18H2,1-2H3,(H,20,23)(H,19,21,24);1H/t9-,11+,12-;/m0./s1/i4D,6D,8D;. The first kappa shape index (κ1) is 17.5. The quantitative estimate of drug-likeness (QED) is 0.641. The van der Waals surface area contributed by atoms with E-state index in [0.717, 1.165) is 0 Å². The Morgan fingerprint density at radius 2 is 2.00 bits per heavy atom. The lowest BCUT2D eigenvalue weighted by Gasteiger charge is -2.34. The van der Waals surface area contributed by atoms with Crippen molar-refractivity contribution in [3.05, 3.63) is 23.3 Å². The van der Waals surface area contributed by atoms with Crippen LogP contribution in [0.15, 0.2) is 18.3 Å². The molecule has 26 heavy (non-hydrogen) atoms. The van der Waals surface area contributed by atoms with Gasteiger partial charge in [-0.25, -0.2) is 4.98 Å². The number of nitrogens with zero attached hydrogens (tertiary/aromatic N) is 2. The third kappa shape index (κ3) is 5.82. The number of carbonyl (C=O) groups excluding carboxylic acids is 3. The first-order chi connectivity index (χ1) is 13.0. The highest BCUT2D eigenvalue weighted by Crippen LogP contribution is 2.25. The lowest BCUT2D eigenvalue weighted by molar-refractivity contribution is -0.137. The average Bonchev–Trinajstić information content (AvgIpc) is 2.64. The summed E-state index contributed by atoms with van der Waals surface area (Å²) in [5.41, 5.74) is 6.07. The predicted octanol–water partition coefficient (Wildman–Crippen LogP) is 0.796. The summed E-state index contributed by atoms with van der Waals surface area (Å²) in [6.07, 6.45) is 0.895. The molecule has 0 bridgehead atoms. The largest absolute Gasteiger partial charge is 0.349 e. The highest BCUT2D eigenvalue weighted by molar-refractivity contribution is 6.39. The fourth-order valence-electron chi connectivity index (χ4n) is 2.71. The van der Waals surface area contributed by atoms with Crippen molar-refractivity contribution in [1.29, 1.82) is 0 Å². The number of nitrogens with one attached hydrogen (secondary N) is 2. The molecule has 0 radical (unpaired) electrons. The molecule has 0 saturated heterocycles. The molecule has 0 spiro atoms. The van der Waals surface area contributed by atoms with Gasteiger partial charge in [-0.2, -0.15) is 0 Å². The van der Waals surface area contributed by atoms with Crippen LogP contribution in [0.2, 0.25) is 5.02 Å². The zero-order chi connectivity index (χ0) is 21.2. The smallest absolute Gasteiger partial charge is 0.314 e. The second kappa shape index (κ2) is 9.70. The number of anilines is 1. The van der Waals surface area contributed by atoms with Crippen LogP contribution in [-0.4, -0.2) is 53.8 Å². The first-order valence-corrected chi connectivity index (χ1v) is 8.12. The summed E-state index contributed by atoms with van der Waals surface area (Å²) in [7, 11) is 3.34. The fourth-order valence-corrected chi connectivity index (χ4v) is 2.80. The van der Waals surface area contributed by atoms with E-state index in [1.807, 2.05) is 0 Å². The van der Waals surface area contributed by atoms with E-state index < -0.39 is 48.0 Å². The minimum atomic E-state index is -1.10. The second-order valence-electron chi connectivity index (χ2n) is 6.08. The van der Waals surface area contributed by atoms with E-state index in [9.17, 15) is 14.4 Å². The number of amides is 3. The van der Waals surface area contributed by atoms with Crippen molar-refractivity contribution >= 4 is 47.5 Å². The van der Waals surface area contributed by atoms with Gasteiger partial charge in [-0.05, 0) is 31.3 Å². The molecular formula is C16H23Cl2N5O3. The highest BCUT2D eigenvalue weighted by atomic mass is 35.5. The molecule has 10 heteroatoms. The van der Waals surface area contributed by atoms with E-state index in [-0.39, 0.29) is 29.3 Å². The van der Waals surface area contributed by atoms with Gasteiger partial charge in [-0.1, -0.05) is 11.6 Å². The van der Waals surface area contributed by atoms with Crippen molar-refractivity contribution in [3.63, 3.8) is 0 Å². The fraction of sp³-hybridized carbons (Fsp3) is 0.500. The molecule has 3 atom stereocenters. The SMILES string of the molecule is Cl.[2H]c1nc(NC(=O)C(=O)N[C@H]2CC[C@H](C(=O)N(C)C)C[C@H]2N)c([2H])c([2H])c1Cl. The number of rotatable bonds is 3. The molecule has 2 rings (SSSR count). The van der Waals surface area contributed by atoms with Crippen molar-refractivity contribution in [2.45, 2.75) is 31.3 Å². The van der Waals surface area contributed by atoms with Crippen LogP contribution in [0, 0.1) is 5.92 Å². The predicted molar refractivity (Wildman–Crippen MR) is 101 cm³/mol. The molecule has 1 fully saturated rings. The lowest BCUT2D eigenvalue weighted by atomic mass is 9.82. The number of hydrogen-bond acceptors (Lipinski definition) is 5. The van der Waals surface area contributed by atoms with Crippen molar-refractivity contribution in [1.82, 2.24) is 15.2 Å². The Balaban J connectivity index is 0.00000420. The van der Waals surface area contributed by atoms with Gasteiger partial charge in [-0.15, -0.1) is 12.4 Å². The maximum atomic E-state index is 12.2. The Kier molecular flexibility index (Phi) is 6.53. The molecule has 0 aromatic carbocycles. The number of hydrogen-bond donors (Lipinski definition) is 3. The monoisotopic (exact) mass is 406 g/mol. The number of halogens is 2. The normalized spacial score (nSPS) is 23.5. The van der Waals surface area contributed by atoms with E-state index >= 15 is 0 Å². The van der Waals surface area contributed by atoms with Crippen molar-refractivity contribution < 1.29 is 18.5 Å². The number of aromatic nitrogens is 1. The number of nitrogens with two attached hydrogens (primary N) is 1. The number of pyridine rings is 1. The summed E-state index contributed by atoms with van der Waals surface area (Å²) in [5.74, 6) is -2.72. The summed E-state index contributed by atoms with van der Waals surface area (Å²) in [4.78, 5) is 41.4. The lowest BCUT2D eigenvalue weighted by Crippen LogP contribution is -2.54. The molecule has 3 amide bonds. The van der Waals surface area contributed by atoms with Gasteiger partial charge in [0.2, 0.25) is 5.91 Å². The molecule has 8 nitrogen and oxygen atoms in total. The van der Waals surface area contributed by atoms with Crippen molar-refractivity contribution in [2.75, 3.05) is 19.4 Å². The van der Waals surface area contributed by atoms with Gasteiger partial charge in [0.15, 0.2) is 0 Å². The molecule has 1 aliphatic rings. The zero-order valence-corrected chi connectivity index (χ0v) is 15.9. The summed E-state index contributed by atoms with van der Waals surface area (Å²) in [6.45, 7) is 0. The topological polar surface area (TPSA) is 117 Å². The van der Waals surface area contributed by atoms with E-state index in [2.05, 4.69) is 15.6 Å². The van der Waals surface area contributed by atoms with Crippen LogP contribution in [0.4, 0.5) is 5.82 Å². The van der Waals surface area contributed by atoms with Gasteiger partial charge in [0.05, 0.1) is 9.13 Å². The molecule has 1 aromatic rings.